The van der Waals surface area contributed by atoms with Crippen molar-refractivity contribution in [3.05, 3.63) is 76.8 Å². The van der Waals surface area contributed by atoms with Crippen LogP contribution >= 0.6 is 23.4 Å². The van der Waals surface area contributed by atoms with Crippen molar-refractivity contribution in [2.45, 2.75) is 18.5 Å². The van der Waals surface area contributed by atoms with Gasteiger partial charge in [0, 0.05) is 17.6 Å². The van der Waals surface area contributed by atoms with Crippen molar-refractivity contribution in [2.24, 2.45) is 0 Å². The number of thioether (sulfide) groups is 1. The highest BCUT2D eigenvalue weighted by Gasteiger charge is 2.09. The van der Waals surface area contributed by atoms with Gasteiger partial charge in [0.2, 0.25) is 5.91 Å². The summed E-state index contributed by atoms with van der Waals surface area (Å²) in [5.41, 5.74) is 1.92. The lowest BCUT2D eigenvalue weighted by Gasteiger charge is -2.09. The molecular formula is C20H18ClFN4OS. The second-order valence-corrected chi connectivity index (χ2v) is 7.41. The lowest BCUT2D eigenvalue weighted by Crippen LogP contribution is -2.15. The molecule has 0 radical (unpaired) electrons. The third-order valence-electron chi connectivity index (χ3n) is 3.81. The number of benzene rings is 2. The largest absolute Gasteiger partial charge is 0.366 e. The van der Waals surface area contributed by atoms with E-state index in [1.165, 1.54) is 24.2 Å². The number of hydrogen-bond donors (Lipinski definition) is 2. The van der Waals surface area contributed by atoms with Crippen LogP contribution in [0.3, 0.4) is 0 Å². The van der Waals surface area contributed by atoms with E-state index in [2.05, 4.69) is 20.6 Å². The van der Waals surface area contributed by atoms with Gasteiger partial charge in [0.25, 0.3) is 0 Å². The van der Waals surface area contributed by atoms with Gasteiger partial charge in [-0.2, -0.15) is 0 Å². The van der Waals surface area contributed by atoms with Crippen molar-refractivity contribution in [1.29, 1.82) is 0 Å². The van der Waals surface area contributed by atoms with Crippen LogP contribution in [0.5, 0.6) is 0 Å². The Kier molecular flexibility index (Phi) is 6.84. The van der Waals surface area contributed by atoms with Gasteiger partial charge in [-0.05, 0) is 36.2 Å². The van der Waals surface area contributed by atoms with Gasteiger partial charge in [-0.25, -0.2) is 14.4 Å². The topological polar surface area (TPSA) is 66.9 Å². The number of aryl methyl sites for hydroxylation is 1. The van der Waals surface area contributed by atoms with Crippen LogP contribution in [0, 0.1) is 12.7 Å². The Morgan fingerprint density at radius 1 is 1.18 bits per heavy atom. The lowest BCUT2D eigenvalue weighted by atomic mass is 10.2. The number of amides is 1. The number of halogens is 2. The van der Waals surface area contributed by atoms with Crippen LogP contribution in [0.4, 0.5) is 15.9 Å². The van der Waals surface area contributed by atoms with Crippen LogP contribution in [0.15, 0.2) is 59.9 Å². The third-order valence-corrected chi connectivity index (χ3v) is 5.10. The highest BCUT2D eigenvalue weighted by atomic mass is 35.5. The molecule has 28 heavy (non-hydrogen) atoms. The minimum Gasteiger partial charge on any atom is -0.366 e. The second kappa shape index (κ2) is 9.52. The predicted molar refractivity (Wildman–Crippen MR) is 111 cm³/mol. The molecule has 144 valence electrons. The molecule has 0 bridgehead atoms. The van der Waals surface area contributed by atoms with Crippen LogP contribution in [0.25, 0.3) is 0 Å². The van der Waals surface area contributed by atoms with Gasteiger partial charge >= 0.3 is 0 Å². The van der Waals surface area contributed by atoms with Gasteiger partial charge < -0.3 is 10.6 Å². The summed E-state index contributed by atoms with van der Waals surface area (Å²) in [5.74, 6) is -0.0281. The van der Waals surface area contributed by atoms with E-state index in [0.29, 0.717) is 22.4 Å². The third kappa shape index (κ3) is 5.68. The van der Waals surface area contributed by atoms with Gasteiger partial charge in [0.1, 0.15) is 23.0 Å². The molecule has 0 saturated heterocycles. The van der Waals surface area contributed by atoms with Crippen molar-refractivity contribution in [1.82, 2.24) is 9.97 Å². The molecule has 0 aliphatic carbocycles. The smallest absolute Gasteiger partial charge is 0.234 e. The Balaban J connectivity index is 1.54. The minimum atomic E-state index is -0.452. The number of carbonyl (C=O) groups is 1. The first-order valence-corrected chi connectivity index (χ1v) is 9.86. The number of carbonyl (C=O) groups excluding carboxylic acids is 1. The molecule has 0 atom stereocenters. The number of nitrogens with one attached hydrogen (secondary N) is 2. The molecule has 5 nitrogen and oxygen atoms in total. The molecule has 2 aromatic carbocycles. The molecule has 0 aliphatic heterocycles. The van der Waals surface area contributed by atoms with Crippen LogP contribution in [-0.2, 0) is 11.3 Å². The number of anilines is 2. The fraction of sp³-hybridized carbons (Fsp3) is 0.150. The van der Waals surface area contributed by atoms with Crippen molar-refractivity contribution in [2.75, 3.05) is 16.4 Å². The summed E-state index contributed by atoms with van der Waals surface area (Å²) >= 11 is 7.39. The van der Waals surface area contributed by atoms with E-state index in [9.17, 15) is 9.18 Å². The van der Waals surface area contributed by atoms with Crippen LogP contribution < -0.4 is 10.6 Å². The highest BCUT2D eigenvalue weighted by Crippen LogP contribution is 2.21. The summed E-state index contributed by atoms with van der Waals surface area (Å²) in [5, 5.41) is 7.06. The molecule has 1 aromatic heterocycles. The van der Waals surface area contributed by atoms with Gasteiger partial charge in [-0.15, -0.1) is 0 Å². The van der Waals surface area contributed by atoms with E-state index in [1.54, 1.807) is 25.1 Å². The van der Waals surface area contributed by atoms with E-state index >= 15 is 0 Å². The maximum atomic E-state index is 13.8. The predicted octanol–water partition coefficient (Wildman–Crippen LogP) is 4.92. The summed E-state index contributed by atoms with van der Waals surface area (Å²) in [4.78, 5) is 20.4. The first-order valence-electron chi connectivity index (χ1n) is 8.49. The molecular weight excluding hydrogens is 399 g/mol. The molecule has 0 saturated carbocycles. The maximum Gasteiger partial charge on any atom is 0.234 e. The summed E-state index contributed by atoms with van der Waals surface area (Å²) in [6, 6.07) is 14.0. The number of hydrogen-bond acceptors (Lipinski definition) is 5. The normalized spacial score (nSPS) is 10.5. The van der Waals surface area contributed by atoms with Crippen molar-refractivity contribution in [3.8, 4) is 0 Å². The number of nitrogens with zero attached hydrogens (tertiary/aromatic N) is 2. The monoisotopic (exact) mass is 416 g/mol. The molecule has 1 heterocycles. The van der Waals surface area contributed by atoms with Crippen molar-refractivity contribution >= 4 is 40.8 Å². The fourth-order valence-electron chi connectivity index (χ4n) is 2.39. The second-order valence-electron chi connectivity index (χ2n) is 6.01. The van der Waals surface area contributed by atoms with Crippen molar-refractivity contribution < 1.29 is 9.18 Å². The highest BCUT2D eigenvalue weighted by molar-refractivity contribution is 7.99. The maximum absolute atomic E-state index is 13.8. The number of aromatic nitrogens is 2. The van der Waals surface area contributed by atoms with Crippen molar-refractivity contribution in [3.63, 3.8) is 0 Å². The van der Waals surface area contributed by atoms with E-state index in [4.69, 9.17) is 11.6 Å². The average Bonchev–Trinajstić information content (AvgIpc) is 2.68. The van der Waals surface area contributed by atoms with E-state index in [-0.39, 0.29) is 17.3 Å². The summed E-state index contributed by atoms with van der Waals surface area (Å²) in [6.45, 7) is 2.31. The van der Waals surface area contributed by atoms with Crippen LogP contribution in [-0.4, -0.2) is 21.6 Å². The van der Waals surface area contributed by atoms with Gasteiger partial charge in [0.05, 0.1) is 11.4 Å². The zero-order valence-corrected chi connectivity index (χ0v) is 16.6. The Hall–Kier alpha value is -2.64. The molecule has 0 aliphatic rings. The molecule has 3 aromatic rings. The molecule has 0 unspecified atom stereocenters. The molecule has 0 fully saturated rings. The zero-order chi connectivity index (χ0) is 19.9. The zero-order valence-electron chi connectivity index (χ0n) is 15.1. The van der Waals surface area contributed by atoms with Crippen LogP contribution in [0.1, 0.15) is 11.1 Å². The van der Waals surface area contributed by atoms with Crippen LogP contribution in [0.2, 0.25) is 5.02 Å². The standard InChI is InChI=1S/C20H18ClFN4OS/c1-13-6-7-17(16(22)8-13)26-19(27)11-28-20-9-18(24-12-25-20)23-10-14-4-2-3-5-15(14)21/h2-9,12H,10-11H2,1H3,(H,26,27)(H,23,24,25). The SMILES string of the molecule is Cc1ccc(NC(=O)CSc2cc(NCc3ccccc3Cl)ncn2)c(F)c1. The first kappa shape index (κ1) is 20.1. The number of rotatable bonds is 7. The Morgan fingerprint density at radius 3 is 2.79 bits per heavy atom. The summed E-state index contributed by atoms with van der Waals surface area (Å²) in [7, 11) is 0. The van der Waals surface area contributed by atoms with Gasteiger partial charge in [0.15, 0.2) is 0 Å². The molecule has 1 amide bonds. The summed E-state index contributed by atoms with van der Waals surface area (Å²) in [6.07, 6.45) is 1.43. The lowest BCUT2D eigenvalue weighted by molar-refractivity contribution is -0.113. The van der Waals surface area contributed by atoms with E-state index in [1.807, 2.05) is 24.3 Å². The van der Waals surface area contributed by atoms with Gasteiger partial charge in [-0.1, -0.05) is 47.6 Å². The minimum absolute atomic E-state index is 0.105. The Bertz CT molecular complexity index is 986. The average molecular weight is 417 g/mol. The fourth-order valence-corrected chi connectivity index (χ4v) is 3.26. The summed E-state index contributed by atoms with van der Waals surface area (Å²) < 4.78 is 13.8. The van der Waals surface area contributed by atoms with E-state index in [0.717, 1.165) is 11.1 Å². The first-order chi connectivity index (χ1) is 13.5. The molecule has 3 rings (SSSR count). The molecule has 2 N–H and O–H groups in total. The van der Waals surface area contributed by atoms with Gasteiger partial charge in [-0.3, -0.25) is 4.79 Å². The van der Waals surface area contributed by atoms with E-state index < -0.39 is 5.82 Å². The Morgan fingerprint density at radius 2 is 2.00 bits per heavy atom. The Labute approximate surface area is 171 Å². The quantitative estimate of drug-likeness (QED) is 0.422. The molecule has 8 heteroatoms. The molecule has 0 spiro atoms.